The summed E-state index contributed by atoms with van der Waals surface area (Å²) in [6.07, 6.45) is 8.86. The highest BCUT2D eigenvalue weighted by Gasteiger charge is 2.55. The number of carbonyl (C=O) groups excluding carboxylic acids is 4. The molecule has 0 aromatic rings. The van der Waals surface area contributed by atoms with Gasteiger partial charge in [-0.05, 0) is 36.5 Å². The summed E-state index contributed by atoms with van der Waals surface area (Å²) in [7, 11) is 0. The quantitative estimate of drug-likeness (QED) is 0.581. The predicted molar refractivity (Wildman–Crippen MR) is 93.0 cm³/mol. The van der Waals surface area contributed by atoms with Crippen molar-refractivity contribution < 1.29 is 19.2 Å². The first-order chi connectivity index (χ1) is 12.5. The van der Waals surface area contributed by atoms with Gasteiger partial charge in [-0.15, -0.1) is 13.2 Å². The van der Waals surface area contributed by atoms with Crippen LogP contribution in [0.4, 0.5) is 0 Å². The van der Waals surface area contributed by atoms with E-state index in [0.29, 0.717) is 12.8 Å². The third-order valence-corrected chi connectivity index (χ3v) is 6.62. The molecule has 2 heterocycles. The maximum absolute atomic E-state index is 12.2. The maximum Gasteiger partial charge on any atom is 0.231 e. The number of allylic oxidation sites excluding steroid dienone is 4. The van der Waals surface area contributed by atoms with Crippen LogP contribution in [0.3, 0.4) is 0 Å². The van der Waals surface area contributed by atoms with Crippen molar-refractivity contribution in [2.45, 2.75) is 12.8 Å². The molecule has 6 nitrogen and oxygen atoms in total. The van der Waals surface area contributed by atoms with E-state index in [1.165, 1.54) is 0 Å². The molecule has 4 fully saturated rings. The minimum absolute atomic E-state index is 0.0188. The first-order valence-electron chi connectivity index (χ1n) is 9.09. The highest BCUT2D eigenvalue weighted by Crippen LogP contribution is 2.48. The number of rotatable bonds is 4. The fourth-order valence-electron chi connectivity index (χ4n) is 5.45. The molecule has 6 heteroatoms. The lowest BCUT2D eigenvalue weighted by Crippen LogP contribution is -2.26. The molecule has 4 aliphatic rings. The van der Waals surface area contributed by atoms with Crippen molar-refractivity contribution in [3.8, 4) is 0 Å². The van der Waals surface area contributed by atoms with Crippen LogP contribution in [0.2, 0.25) is 0 Å². The fraction of sp³-hybridized carbons (Fsp3) is 0.500. The SMILES string of the molecule is C=C[C@@H]1C[C@H](/C=C\[C@@H]2C[C@H](C=C)C3C(=O)NC(=O)C32)C2C(=O)NC(=O)C21. The monoisotopic (exact) mass is 354 g/mol. The Kier molecular flexibility index (Phi) is 3.93. The lowest BCUT2D eigenvalue weighted by Gasteiger charge is -2.14. The van der Waals surface area contributed by atoms with Gasteiger partial charge < -0.3 is 0 Å². The van der Waals surface area contributed by atoms with Crippen LogP contribution in [0.25, 0.3) is 0 Å². The Bertz CT molecular complexity index is 693. The van der Waals surface area contributed by atoms with Crippen LogP contribution in [-0.2, 0) is 19.2 Å². The van der Waals surface area contributed by atoms with Crippen molar-refractivity contribution >= 4 is 23.6 Å². The molecular weight excluding hydrogens is 332 g/mol. The van der Waals surface area contributed by atoms with Crippen molar-refractivity contribution in [2.24, 2.45) is 47.3 Å². The molecule has 0 bridgehead atoms. The van der Waals surface area contributed by atoms with E-state index in [1.54, 1.807) is 12.2 Å². The largest absolute Gasteiger partial charge is 0.296 e. The molecule has 136 valence electrons. The Morgan fingerprint density at radius 3 is 1.23 bits per heavy atom. The van der Waals surface area contributed by atoms with E-state index in [0.717, 1.165) is 0 Å². The average Bonchev–Trinajstić information content (AvgIpc) is 3.30. The van der Waals surface area contributed by atoms with Gasteiger partial charge in [0, 0.05) is 0 Å². The molecule has 4 unspecified atom stereocenters. The minimum Gasteiger partial charge on any atom is -0.296 e. The summed E-state index contributed by atoms with van der Waals surface area (Å²) < 4.78 is 0. The van der Waals surface area contributed by atoms with Gasteiger partial charge in [-0.25, -0.2) is 0 Å². The zero-order valence-electron chi connectivity index (χ0n) is 14.4. The summed E-state index contributed by atoms with van der Waals surface area (Å²) >= 11 is 0. The van der Waals surface area contributed by atoms with Crippen molar-refractivity contribution in [1.29, 1.82) is 0 Å². The van der Waals surface area contributed by atoms with E-state index in [4.69, 9.17) is 0 Å². The fourth-order valence-corrected chi connectivity index (χ4v) is 5.45. The van der Waals surface area contributed by atoms with Gasteiger partial charge in [-0.1, -0.05) is 24.3 Å². The Balaban J connectivity index is 1.56. The van der Waals surface area contributed by atoms with E-state index in [2.05, 4.69) is 23.8 Å². The number of amides is 4. The smallest absolute Gasteiger partial charge is 0.231 e. The Labute approximate surface area is 151 Å². The van der Waals surface area contributed by atoms with Gasteiger partial charge in [0.15, 0.2) is 0 Å². The molecule has 0 radical (unpaired) electrons. The molecular formula is C20H22N2O4. The van der Waals surface area contributed by atoms with Crippen molar-refractivity contribution in [3.63, 3.8) is 0 Å². The number of imide groups is 2. The number of nitrogens with one attached hydrogen (secondary N) is 2. The molecule has 4 rings (SSSR count). The van der Waals surface area contributed by atoms with Gasteiger partial charge in [-0.3, -0.25) is 29.8 Å². The first kappa shape index (κ1) is 16.9. The molecule has 26 heavy (non-hydrogen) atoms. The third-order valence-electron chi connectivity index (χ3n) is 6.62. The molecule has 4 amide bonds. The van der Waals surface area contributed by atoms with Gasteiger partial charge in [0.05, 0.1) is 23.7 Å². The van der Waals surface area contributed by atoms with Gasteiger partial charge in [0.1, 0.15) is 0 Å². The van der Waals surface area contributed by atoms with Crippen LogP contribution in [0, 0.1) is 47.3 Å². The summed E-state index contributed by atoms with van der Waals surface area (Å²) in [5.74, 6) is -2.45. The first-order valence-corrected chi connectivity index (χ1v) is 9.09. The molecule has 2 saturated carbocycles. The van der Waals surface area contributed by atoms with Crippen molar-refractivity contribution in [3.05, 3.63) is 37.5 Å². The van der Waals surface area contributed by atoms with E-state index in [9.17, 15) is 19.2 Å². The second-order valence-corrected chi connectivity index (χ2v) is 7.79. The third kappa shape index (κ3) is 2.31. The molecule has 0 spiro atoms. The molecule has 2 aliphatic heterocycles. The lowest BCUT2D eigenvalue weighted by atomic mass is 9.86. The summed E-state index contributed by atoms with van der Waals surface area (Å²) in [4.78, 5) is 48.5. The second kappa shape index (κ2) is 6.04. The number of fused-ring (bicyclic) bond motifs is 2. The zero-order chi connectivity index (χ0) is 18.6. The van der Waals surface area contributed by atoms with Crippen LogP contribution in [0.15, 0.2) is 37.5 Å². The standard InChI is InChI=1S/C20H22N2O4/c1-3-9-7-11(15-13(9)17(23)21-19(15)25)5-6-12-8-10(4-2)14-16(12)20(26)22-18(14)24/h3-6,9-16H,1-2,7-8H2,(H,21,23,25)(H,22,24,26)/b6-5-/t9-,10+,11+,12-,13?,14?,15?,16?. The molecule has 8 atom stereocenters. The molecule has 0 aromatic carbocycles. The summed E-state index contributed by atoms with van der Waals surface area (Å²) in [6, 6.07) is 0. The van der Waals surface area contributed by atoms with E-state index in [1.807, 2.05) is 12.2 Å². The van der Waals surface area contributed by atoms with Gasteiger partial charge >= 0.3 is 0 Å². The van der Waals surface area contributed by atoms with E-state index >= 15 is 0 Å². The lowest BCUT2D eigenvalue weighted by molar-refractivity contribution is -0.128. The normalized spacial score (nSPS) is 44.2. The molecule has 2 N–H and O–H groups in total. The molecule has 2 aliphatic carbocycles. The van der Waals surface area contributed by atoms with Gasteiger partial charge in [-0.2, -0.15) is 0 Å². The van der Waals surface area contributed by atoms with Crippen LogP contribution < -0.4 is 10.6 Å². The molecule has 2 saturated heterocycles. The van der Waals surface area contributed by atoms with Gasteiger partial charge in [0.2, 0.25) is 23.6 Å². The summed E-state index contributed by atoms with van der Waals surface area (Å²) in [5, 5.41) is 4.85. The summed E-state index contributed by atoms with van der Waals surface area (Å²) in [5.41, 5.74) is 0. The van der Waals surface area contributed by atoms with E-state index < -0.39 is 0 Å². The van der Waals surface area contributed by atoms with Crippen LogP contribution in [0.1, 0.15) is 12.8 Å². The van der Waals surface area contributed by atoms with Crippen LogP contribution >= 0.6 is 0 Å². The average molecular weight is 354 g/mol. The van der Waals surface area contributed by atoms with Crippen molar-refractivity contribution in [2.75, 3.05) is 0 Å². The van der Waals surface area contributed by atoms with Crippen LogP contribution in [0.5, 0.6) is 0 Å². The zero-order valence-corrected chi connectivity index (χ0v) is 14.4. The Morgan fingerprint density at radius 2 is 0.923 bits per heavy atom. The summed E-state index contributed by atoms with van der Waals surface area (Å²) in [6.45, 7) is 7.60. The number of carbonyl (C=O) groups is 4. The molecule has 0 aromatic heterocycles. The Hall–Kier alpha value is -2.50. The maximum atomic E-state index is 12.2. The van der Waals surface area contributed by atoms with Crippen LogP contribution in [-0.4, -0.2) is 23.6 Å². The van der Waals surface area contributed by atoms with Gasteiger partial charge in [0.25, 0.3) is 0 Å². The highest BCUT2D eigenvalue weighted by molar-refractivity contribution is 6.06. The minimum atomic E-state index is -0.367. The number of hydrogen-bond acceptors (Lipinski definition) is 4. The second-order valence-electron chi connectivity index (χ2n) is 7.79. The predicted octanol–water partition coefficient (Wildman–Crippen LogP) is 0.964. The van der Waals surface area contributed by atoms with Crippen molar-refractivity contribution in [1.82, 2.24) is 10.6 Å². The Morgan fingerprint density at radius 1 is 0.615 bits per heavy atom. The van der Waals surface area contributed by atoms with E-state index in [-0.39, 0.29) is 71.0 Å². The highest BCUT2D eigenvalue weighted by atomic mass is 16.2. The number of hydrogen-bond donors (Lipinski definition) is 2. The topological polar surface area (TPSA) is 92.3 Å².